The summed E-state index contributed by atoms with van der Waals surface area (Å²) in [7, 11) is -2.13. The molecule has 164 valence electrons. The fraction of sp³-hybridized carbons (Fsp3) is 0.304. The molecule has 0 saturated carbocycles. The lowest BCUT2D eigenvalue weighted by molar-refractivity contribution is -0.116. The van der Waals surface area contributed by atoms with Crippen molar-refractivity contribution in [3.8, 4) is 0 Å². The van der Waals surface area contributed by atoms with Crippen LogP contribution in [0.15, 0.2) is 59.5 Å². The van der Waals surface area contributed by atoms with Crippen LogP contribution in [0.3, 0.4) is 0 Å². The van der Waals surface area contributed by atoms with Gasteiger partial charge in [-0.1, -0.05) is 24.3 Å². The molecule has 0 aliphatic carbocycles. The monoisotopic (exact) mass is 441 g/mol. The van der Waals surface area contributed by atoms with E-state index in [1.807, 2.05) is 23.1 Å². The molecule has 0 unspecified atom stereocenters. The average Bonchev–Trinajstić information content (AvgIpc) is 2.82. The van der Waals surface area contributed by atoms with Crippen LogP contribution in [0, 0.1) is 0 Å². The molecule has 31 heavy (non-hydrogen) atoms. The van der Waals surface area contributed by atoms with Crippen molar-refractivity contribution in [2.45, 2.75) is 30.7 Å². The summed E-state index contributed by atoms with van der Waals surface area (Å²) in [6.07, 6.45) is 6.26. The van der Waals surface area contributed by atoms with Crippen LogP contribution < -0.4 is 10.0 Å². The van der Waals surface area contributed by atoms with Gasteiger partial charge in [0.05, 0.1) is 4.90 Å². The van der Waals surface area contributed by atoms with Crippen molar-refractivity contribution in [2.24, 2.45) is 0 Å². The van der Waals surface area contributed by atoms with E-state index in [0.29, 0.717) is 17.7 Å². The summed E-state index contributed by atoms with van der Waals surface area (Å²) in [5, 5.41) is 2.80. The zero-order valence-electron chi connectivity index (χ0n) is 17.5. The van der Waals surface area contributed by atoms with Gasteiger partial charge in [0, 0.05) is 31.3 Å². The number of likely N-dealkylation sites (tertiary alicyclic amines) is 1. The number of benzene rings is 2. The number of carbonyl (C=O) groups is 2. The number of hydrogen-bond acceptors (Lipinski definition) is 4. The highest BCUT2D eigenvalue weighted by molar-refractivity contribution is 7.89. The summed E-state index contributed by atoms with van der Waals surface area (Å²) in [6, 6.07) is 13.5. The van der Waals surface area contributed by atoms with Gasteiger partial charge in [-0.3, -0.25) is 9.59 Å². The molecule has 2 amide bonds. The molecule has 2 aromatic carbocycles. The smallest absolute Gasteiger partial charge is 0.253 e. The van der Waals surface area contributed by atoms with E-state index in [1.54, 1.807) is 24.3 Å². The Kier molecular flexibility index (Phi) is 7.59. The van der Waals surface area contributed by atoms with E-state index in [9.17, 15) is 18.0 Å². The molecule has 1 aliphatic heterocycles. The molecule has 0 aromatic heterocycles. The molecule has 1 fully saturated rings. The Bertz CT molecular complexity index is 1060. The molecular weight excluding hydrogens is 414 g/mol. The Morgan fingerprint density at radius 1 is 1.03 bits per heavy atom. The number of sulfonamides is 1. The Labute approximate surface area is 183 Å². The van der Waals surface area contributed by atoms with Crippen LogP contribution in [0.1, 0.15) is 40.7 Å². The summed E-state index contributed by atoms with van der Waals surface area (Å²) < 4.78 is 25.7. The van der Waals surface area contributed by atoms with E-state index in [1.165, 1.54) is 31.7 Å². The van der Waals surface area contributed by atoms with Crippen LogP contribution in [-0.4, -0.2) is 45.3 Å². The van der Waals surface area contributed by atoms with Crippen LogP contribution in [0.2, 0.25) is 0 Å². The van der Waals surface area contributed by atoms with Crippen molar-refractivity contribution >= 4 is 27.9 Å². The summed E-state index contributed by atoms with van der Waals surface area (Å²) in [4.78, 5) is 26.8. The van der Waals surface area contributed by atoms with Gasteiger partial charge in [0.15, 0.2) is 0 Å². The van der Waals surface area contributed by atoms with Gasteiger partial charge in [-0.25, -0.2) is 13.1 Å². The van der Waals surface area contributed by atoms with Crippen molar-refractivity contribution in [1.29, 1.82) is 0 Å². The minimum atomic E-state index is -3.48. The van der Waals surface area contributed by atoms with Crippen LogP contribution >= 0.6 is 0 Å². The van der Waals surface area contributed by atoms with E-state index >= 15 is 0 Å². The van der Waals surface area contributed by atoms with E-state index in [2.05, 4.69) is 10.0 Å². The second-order valence-electron chi connectivity index (χ2n) is 7.38. The normalized spacial score (nSPS) is 14.5. The molecule has 0 bridgehead atoms. The Balaban J connectivity index is 1.55. The molecule has 1 heterocycles. The number of hydrogen-bond donors (Lipinski definition) is 2. The minimum Gasteiger partial charge on any atom is -0.348 e. The fourth-order valence-electron chi connectivity index (χ4n) is 3.39. The van der Waals surface area contributed by atoms with Gasteiger partial charge in [0.2, 0.25) is 15.9 Å². The molecule has 0 atom stereocenters. The molecule has 0 radical (unpaired) electrons. The quantitative estimate of drug-likeness (QED) is 0.646. The molecule has 0 spiro atoms. The van der Waals surface area contributed by atoms with Gasteiger partial charge in [0.25, 0.3) is 5.91 Å². The topological polar surface area (TPSA) is 95.6 Å². The van der Waals surface area contributed by atoms with Crippen molar-refractivity contribution in [3.63, 3.8) is 0 Å². The van der Waals surface area contributed by atoms with Gasteiger partial charge in [-0.05, 0) is 67.8 Å². The number of rotatable bonds is 7. The number of nitrogens with one attached hydrogen (secondary N) is 2. The van der Waals surface area contributed by atoms with E-state index < -0.39 is 10.0 Å². The van der Waals surface area contributed by atoms with E-state index in [-0.39, 0.29) is 16.7 Å². The number of carbonyl (C=O) groups excluding carboxylic acids is 2. The first kappa shape index (κ1) is 22.7. The molecule has 8 heteroatoms. The molecule has 2 N–H and O–H groups in total. The third kappa shape index (κ3) is 6.26. The average molecular weight is 442 g/mol. The maximum absolute atomic E-state index is 12.6. The highest BCUT2D eigenvalue weighted by Gasteiger charge is 2.18. The highest BCUT2D eigenvalue weighted by Crippen LogP contribution is 2.15. The lowest BCUT2D eigenvalue weighted by Crippen LogP contribution is -2.35. The van der Waals surface area contributed by atoms with Gasteiger partial charge < -0.3 is 10.2 Å². The van der Waals surface area contributed by atoms with Crippen LogP contribution in [0.25, 0.3) is 6.08 Å². The molecule has 7 nitrogen and oxygen atoms in total. The van der Waals surface area contributed by atoms with Gasteiger partial charge in [-0.15, -0.1) is 0 Å². The molecule has 3 rings (SSSR count). The molecule has 1 aliphatic rings. The lowest BCUT2D eigenvalue weighted by atomic mass is 10.1. The SMILES string of the molecule is CNS(=O)(=O)c1ccc(C=CC(=O)NCc2cccc(C(=O)N3CCCCC3)c2)cc1. The Hall–Kier alpha value is -2.97. The maximum atomic E-state index is 12.6. The van der Waals surface area contributed by atoms with Crippen molar-refractivity contribution in [3.05, 3.63) is 71.3 Å². The van der Waals surface area contributed by atoms with Gasteiger partial charge in [-0.2, -0.15) is 0 Å². The first-order valence-corrected chi connectivity index (χ1v) is 11.7. The van der Waals surface area contributed by atoms with Crippen LogP contribution in [0.4, 0.5) is 0 Å². The molecule has 2 aromatic rings. The Morgan fingerprint density at radius 2 is 1.74 bits per heavy atom. The lowest BCUT2D eigenvalue weighted by Gasteiger charge is -2.26. The highest BCUT2D eigenvalue weighted by atomic mass is 32.2. The zero-order chi connectivity index (χ0) is 22.3. The maximum Gasteiger partial charge on any atom is 0.253 e. The Morgan fingerprint density at radius 3 is 2.42 bits per heavy atom. The van der Waals surface area contributed by atoms with Crippen molar-refractivity contribution in [1.82, 2.24) is 14.9 Å². The third-order valence-electron chi connectivity index (χ3n) is 5.17. The second kappa shape index (κ2) is 10.4. The van der Waals surface area contributed by atoms with E-state index in [4.69, 9.17) is 0 Å². The standard InChI is InChI=1S/C23H27N3O4S/c1-24-31(29,30)21-11-8-18(9-12-21)10-13-22(27)25-17-19-6-5-7-20(16-19)23(28)26-14-3-2-4-15-26/h5-13,16,24H,2-4,14-15,17H2,1H3,(H,25,27). The van der Waals surface area contributed by atoms with Crippen LogP contribution in [-0.2, 0) is 21.4 Å². The summed E-state index contributed by atoms with van der Waals surface area (Å²) in [5.74, 6) is -0.240. The zero-order valence-corrected chi connectivity index (χ0v) is 18.3. The predicted octanol–water partition coefficient (Wildman–Crippen LogP) is 2.55. The van der Waals surface area contributed by atoms with Crippen LogP contribution in [0.5, 0.6) is 0 Å². The van der Waals surface area contributed by atoms with Crippen molar-refractivity contribution < 1.29 is 18.0 Å². The first-order chi connectivity index (χ1) is 14.9. The number of nitrogens with zero attached hydrogens (tertiary/aromatic N) is 1. The number of piperidine rings is 1. The molecular formula is C23H27N3O4S. The fourth-order valence-corrected chi connectivity index (χ4v) is 4.12. The summed E-state index contributed by atoms with van der Waals surface area (Å²) >= 11 is 0. The number of amides is 2. The van der Waals surface area contributed by atoms with Crippen molar-refractivity contribution in [2.75, 3.05) is 20.1 Å². The second-order valence-corrected chi connectivity index (χ2v) is 9.27. The molecule has 1 saturated heterocycles. The third-order valence-corrected chi connectivity index (χ3v) is 6.60. The van der Waals surface area contributed by atoms with Gasteiger partial charge in [0.1, 0.15) is 0 Å². The summed E-state index contributed by atoms with van der Waals surface area (Å²) in [6.45, 7) is 1.91. The minimum absolute atomic E-state index is 0.0384. The van der Waals surface area contributed by atoms with E-state index in [0.717, 1.165) is 31.5 Å². The predicted molar refractivity (Wildman–Crippen MR) is 120 cm³/mol. The largest absolute Gasteiger partial charge is 0.348 e. The summed E-state index contributed by atoms with van der Waals surface area (Å²) in [5.41, 5.74) is 2.20. The van der Waals surface area contributed by atoms with Gasteiger partial charge >= 0.3 is 0 Å². The first-order valence-electron chi connectivity index (χ1n) is 10.3.